The molecule has 1 aromatic carbocycles. The second kappa shape index (κ2) is 7.01. The number of nitrogens with one attached hydrogen (secondary N) is 2. The van der Waals surface area contributed by atoms with Crippen molar-refractivity contribution in [3.05, 3.63) is 24.3 Å². The molecule has 122 valence electrons. The van der Waals surface area contributed by atoms with E-state index in [1.54, 1.807) is 0 Å². The fourth-order valence-corrected chi connectivity index (χ4v) is 2.59. The molecule has 0 radical (unpaired) electrons. The van der Waals surface area contributed by atoms with Gasteiger partial charge >= 0.3 is 6.03 Å². The van der Waals surface area contributed by atoms with E-state index in [0.29, 0.717) is 12.6 Å². The van der Waals surface area contributed by atoms with Crippen LogP contribution in [0.5, 0.6) is 0 Å². The van der Waals surface area contributed by atoms with E-state index in [-0.39, 0.29) is 18.1 Å². The molecule has 1 aliphatic carbocycles. The minimum absolute atomic E-state index is 0.0694. The molecule has 0 spiro atoms. The van der Waals surface area contributed by atoms with Crippen LogP contribution in [0, 0.1) is 5.41 Å². The number of carbonyl (C=O) groups is 1. The van der Waals surface area contributed by atoms with Crippen LogP contribution in [-0.4, -0.2) is 36.9 Å². The lowest BCUT2D eigenvalue weighted by Gasteiger charge is -2.27. The van der Waals surface area contributed by atoms with Gasteiger partial charge in [0.05, 0.1) is 6.61 Å². The highest BCUT2D eigenvalue weighted by atomic mass is 16.3. The number of benzene rings is 1. The summed E-state index contributed by atoms with van der Waals surface area (Å²) in [5, 5.41) is 14.9. The Morgan fingerprint density at radius 3 is 2.41 bits per heavy atom. The molecule has 2 amide bonds. The molecule has 0 aromatic heterocycles. The number of carbonyl (C=O) groups excluding carboxylic acids is 1. The summed E-state index contributed by atoms with van der Waals surface area (Å²) in [5.41, 5.74) is 1.86. The van der Waals surface area contributed by atoms with Gasteiger partial charge in [-0.25, -0.2) is 4.79 Å². The van der Waals surface area contributed by atoms with Crippen molar-refractivity contribution in [2.24, 2.45) is 5.41 Å². The molecule has 22 heavy (non-hydrogen) atoms. The van der Waals surface area contributed by atoms with Gasteiger partial charge in [0.25, 0.3) is 0 Å². The highest BCUT2D eigenvalue weighted by Gasteiger charge is 2.42. The number of rotatable bonds is 7. The number of hydrogen-bond donors (Lipinski definition) is 3. The summed E-state index contributed by atoms with van der Waals surface area (Å²) in [7, 11) is 0. The Morgan fingerprint density at radius 2 is 1.95 bits per heavy atom. The number of hydrogen-bond acceptors (Lipinski definition) is 3. The van der Waals surface area contributed by atoms with Crippen LogP contribution in [0.3, 0.4) is 0 Å². The molecule has 3 N–H and O–H groups in total. The van der Waals surface area contributed by atoms with Crippen molar-refractivity contribution in [1.29, 1.82) is 0 Å². The lowest BCUT2D eigenvalue weighted by Crippen LogP contribution is -2.35. The highest BCUT2D eigenvalue weighted by Crippen LogP contribution is 2.44. The second-order valence-corrected chi connectivity index (χ2v) is 6.39. The van der Waals surface area contributed by atoms with Gasteiger partial charge in [-0.1, -0.05) is 0 Å². The zero-order valence-electron chi connectivity index (χ0n) is 13.7. The molecule has 0 atom stereocenters. The molecule has 1 aromatic rings. The molecular formula is C17H27N3O2. The molecule has 0 unspecified atom stereocenters. The van der Waals surface area contributed by atoms with Gasteiger partial charge in [0, 0.05) is 35.9 Å². The lowest BCUT2D eigenvalue weighted by atomic mass is 10.1. The third-order valence-corrected chi connectivity index (χ3v) is 4.34. The van der Waals surface area contributed by atoms with Gasteiger partial charge in [-0.2, -0.15) is 0 Å². The lowest BCUT2D eigenvalue weighted by molar-refractivity contribution is 0.206. The monoisotopic (exact) mass is 305 g/mol. The Bertz CT molecular complexity index is 495. The SMILES string of the molecule is CCN(c1ccc(NC(=O)NCC2(CO)CC2)cc1)C(C)C. The smallest absolute Gasteiger partial charge is 0.319 e. The van der Waals surface area contributed by atoms with E-state index in [4.69, 9.17) is 0 Å². The van der Waals surface area contributed by atoms with Gasteiger partial charge in [-0.15, -0.1) is 0 Å². The van der Waals surface area contributed by atoms with Crippen molar-refractivity contribution in [2.45, 2.75) is 39.7 Å². The first-order valence-electron chi connectivity index (χ1n) is 8.02. The Balaban J connectivity index is 1.86. The van der Waals surface area contributed by atoms with Gasteiger partial charge in [0.2, 0.25) is 0 Å². The second-order valence-electron chi connectivity index (χ2n) is 6.39. The largest absolute Gasteiger partial charge is 0.396 e. The maximum Gasteiger partial charge on any atom is 0.319 e. The van der Waals surface area contributed by atoms with Crippen molar-refractivity contribution in [2.75, 3.05) is 29.9 Å². The van der Waals surface area contributed by atoms with E-state index in [2.05, 4.69) is 36.3 Å². The van der Waals surface area contributed by atoms with E-state index in [0.717, 1.165) is 30.8 Å². The minimum Gasteiger partial charge on any atom is -0.396 e. The molecule has 5 heteroatoms. The standard InChI is InChI=1S/C17H27N3O2/c1-4-20(13(2)3)15-7-5-14(6-8-15)19-16(22)18-11-17(12-21)9-10-17/h5-8,13,21H,4,9-12H2,1-3H3,(H2,18,19,22). The number of aliphatic hydroxyl groups is 1. The number of nitrogens with zero attached hydrogens (tertiary/aromatic N) is 1. The molecule has 2 rings (SSSR count). The van der Waals surface area contributed by atoms with E-state index in [1.807, 2.05) is 24.3 Å². The Labute approximate surface area is 132 Å². The quantitative estimate of drug-likeness (QED) is 0.726. The average Bonchev–Trinajstić information content (AvgIpc) is 3.28. The minimum atomic E-state index is -0.219. The first-order chi connectivity index (χ1) is 10.5. The summed E-state index contributed by atoms with van der Waals surface area (Å²) >= 11 is 0. The van der Waals surface area contributed by atoms with E-state index in [9.17, 15) is 9.90 Å². The normalized spacial score (nSPS) is 15.5. The van der Waals surface area contributed by atoms with Crippen molar-refractivity contribution in [3.63, 3.8) is 0 Å². The van der Waals surface area contributed by atoms with Crippen LogP contribution in [0.15, 0.2) is 24.3 Å². The molecule has 1 saturated carbocycles. The van der Waals surface area contributed by atoms with E-state index in [1.165, 1.54) is 0 Å². The maximum absolute atomic E-state index is 11.9. The van der Waals surface area contributed by atoms with Gasteiger partial charge in [0.15, 0.2) is 0 Å². The maximum atomic E-state index is 11.9. The van der Waals surface area contributed by atoms with Crippen molar-refractivity contribution < 1.29 is 9.90 Å². The molecule has 0 saturated heterocycles. The summed E-state index contributed by atoms with van der Waals surface area (Å²) in [4.78, 5) is 14.2. The predicted octanol–water partition coefficient (Wildman–Crippen LogP) is 2.82. The van der Waals surface area contributed by atoms with Crippen molar-refractivity contribution in [3.8, 4) is 0 Å². The van der Waals surface area contributed by atoms with Gasteiger partial charge < -0.3 is 20.6 Å². The van der Waals surface area contributed by atoms with Crippen molar-refractivity contribution >= 4 is 17.4 Å². The molecule has 1 fully saturated rings. The third kappa shape index (κ3) is 4.13. The number of amides is 2. The zero-order valence-corrected chi connectivity index (χ0v) is 13.7. The first-order valence-corrected chi connectivity index (χ1v) is 8.02. The average molecular weight is 305 g/mol. The van der Waals surface area contributed by atoms with Crippen LogP contribution < -0.4 is 15.5 Å². The summed E-state index contributed by atoms with van der Waals surface area (Å²) in [5.74, 6) is 0. The third-order valence-electron chi connectivity index (χ3n) is 4.34. The fraction of sp³-hybridized carbons (Fsp3) is 0.588. The fourth-order valence-electron chi connectivity index (χ4n) is 2.59. The highest BCUT2D eigenvalue weighted by molar-refractivity contribution is 5.89. The zero-order chi connectivity index (χ0) is 16.2. The van der Waals surface area contributed by atoms with E-state index >= 15 is 0 Å². The summed E-state index contributed by atoms with van der Waals surface area (Å²) < 4.78 is 0. The molecule has 0 aliphatic heterocycles. The van der Waals surface area contributed by atoms with Crippen molar-refractivity contribution in [1.82, 2.24) is 5.32 Å². The summed E-state index contributed by atoms with van der Waals surface area (Å²) in [6, 6.07) is 8.10. The number of urea groups is 1. The van der Waals surface area contributed by atoms with Crippen LogP contribution >= 0.6 is 0 Å². The van der Waals surface area contributed by atoms with Gasteiger partial charge in [-0.05, 0) is 57.9 Å². The molecule has 1 aliphatic rings. The van der Waals surface area contributed by atoms with Crippen LogP contribution in [0.2, 0.25) is 0 Å². The molecule has 5 nitrogen and oxygen atoms in total. The Kier molecular flexibility index (Phi) is 5.29. The summed E-state index contributed by atoms with van der Waals surface area (Å²) in [6.07, 6.45) is 1.97. The molecule has 0 bridgehead atoms. The Morgan fingerprint density at radius 1 is 1.32 bits per heavy atom. The van der Waals surface area contributed by atoms with Crippen LogP contribution in [-0.2, 0) is 0 Å². The molecular weight excluding hydrogens is 278 g/mol. The van der Waals surface area contributed by atoms with Crippen LogP contribution in [0.1, 0.15) is 33.6 Å². The summed E-state index contributed by atoms with van der Waals surface area (Å²) in [6.45, 7) is 8.09. The van der Waals surface area contributed by atoms with Gasteiger partial charge in [0.1, 0.15) is 0 Å². The number of aliphatic hydroxyl groups excluding tert-OH is 1. The molecule has 0 heterocycles. The first kappa shape index (κ1) is 16.6. The van der Waals surface area contributed by atoms with Gasteiger partial charge in [-0.3, -0.25) is 0 Å². The predicted molar refractivity (Wildman–Crippen MR) is 90.4 cm³/mol. The van der Waals surface area contributed by atoms with E-state index < -0.39 is 0 Å². The Hall–Kier alpha value is -1.75. The number of anilines is 2. The van der Waals surface area contributed by atoms with Crippen LogP contribution in [0.25, 0.3) is 0 Å². The topological polar surface area (TPSA) is 64.6 Å². The van der Waals surface area contributed by atoms with Crippen LogP contribution in [0.4, 0.5) is 16.2 Å².